The summed E-state index contributed by atoms with van der Waals surface area (Å²) in [5.41, 5.74) is 2.32. The Labute approximate surface area is 172 Å². The Hall–Kier alpha value is -2.37. The molecule has 5 heteroatoms. The van der Waals surface area contributed by atoms with Crippen LogP contribution in [-0.4, -0.2) is 61.1 Å². The summed E-state index contributed by atoms with van der Waals surface area (Å²) >= 11 is 0. The number of amides is 1. The smallest absolute Gasteiger partial charge is 0.227 e. The number of hydrogen-bond donors (Lipinski definition) is 1. The minimum Gasteiger partial charge on any atom is -0.492 e. The highest BCUT2D eigenvalue weighted by molar-refractivity contribution is 5.79. The lowest BCUT2D eigenvalue weighted by Gasteiger charge is -2.51. The number of rotatable bonds is 3. The van der Waals surface area contributed by atoms with Crippen molar-refractivity contribution in [2.24, 2.45) is 11.8 Å². The van der Waals surface area contributed by atoms with Crippen molar-refractivity contribution in [3.63, 3.8) is 0 Å². The van der Waals surface area contributed by atoms with Gasteiger partial charge in [-0.1, -0.05) is 48.5 Å². The zero-order valence-electron chi connectivity index (χ0n) is 16.8. The van der Waals surface area contributed by atoms with Gasteiger partial charge in [-0.2, -0.15) is 0 Å². The lowest BCUT2D eigenvalue weighted by Crippen LogP contribution is -2.65. The number of hydrogen-bond acceptors (Lipinski definition) is 4. The quantitative estimate of drug-likeness (QED) is 0.871. The molecule has 4 bridgehead atoms. The van der Waals surface area contributed by atoms with Gasteiger partial charge in [0.05, 0.1) is 6.42 Å². The van der Waals surface area contributed by atoms with E-state index in [0.717, 1.165) is 50.6 Å². The molecule has 0 saturated carbocycles. The van der Waals surface area contributed by atoms with Crippen molar-refractivity contribution < 1.29 is 9.53 Å². The maximum atomic E-state index is 13.1. The van der Waals surface area contributed by atoms with E-state index < -0.39 is 0 Å². The largest absolute Gasteiger partial charge is 0.492 e. The fraction of sp³-hybridized carbons (Fsp3) is 0.458. The van der Waals surface area contributed by atoms with Gasteiger partial charge in [0.25, 0.3) is 0 Å². The average molecular weight is 392 g/mol. The number of piperidine rings is 2. The number of nitrogens with one attached hydrogen (secondary N) is 1. The van der Waals surface area contributed by atoms with Crippen LogP contribution >= 0.6 is 0 Å². The normalized spacial score (nSPS) is 29.0. The first-order valence-electron chi connectivity index (χ1n) is 10.7. The third-order valence-corrected chi connectivity index (χ3v) is 6.63. The van der Waals surface area contributed by atoms with Crippen LogP contribution in [0.3, 0.4) is 0 Å². The van der Waals surface area contributed by atoms with E-state index in [0.29, 0.717) is 30.9 Å². The van der Waals surface area contributed by atoms with Gasteiger partial charge in [-0.3, -0.25) is 9.69 Å². The Morgan fingerprint density at radius 2 is 1.66 bits per heavy atom. The first-order valence-corrected chi connectivity index (χ1v) is 10.7. The molecule has 0 aliphatic carbocycles. The SMILES string of the molecule is O=C1Cc2ccccc2OCCN2CC3CN1CC(C2)C3NCc1ccccc1. The fourth-order valence-electron chi connectivity index (χ4n) is 5.23. The summed E-state index contributed by atoms with van der Waals surface area (Å²) < 4.78 is 6.05. The molecule has 5 nitrogen and oxygen atoms in total. The molecule has 2 aromatic carbocycles. The zero-order chi connectivity index (χ0) is 19.6. The second-order valence-electron chi connectivity index (χ2n) is 8.60. The molecule has 1 N–H and O–H groups in total. The van der Waals surface area contributed by atoms with E-state index in [1.165, 1.54) is 5.56 Å². The van der Waals surface area contributed by atoms with E-state index >= 15 is 0 Å². The summed E-state index contributed by atoms with van der Waals surface area (Å²) in [6.07, 6.45) is 0.432. The molecule has 1 amide bonds. The maximum Gasteiger partial charge on any atom is 0.227 e. The van der Waals surface area contributed by atoms with Gasteiger partial charge in [-0.05, 0) is 11.6 Å². The minimum atomic E-state index is 0.228. The zero-order valence-corrected chi connectivity index (χ0v) is 16.8. The molecule has 2 aromatic rings. The Morgan fingerprint density at radius 1 is 0.931 bits per heavy atom. The van der Waals surface area contributed by atoms with Gasteiger partial charge >= 0.3 is 0 Å². The van der Waals surface area contributed by atoms with Crippen LogP contribution in [0, 0.1) is 11.8 Å². The van der Waals surface area contributed by atoms with Crippen LogP contribution < -0.4 is 10.1 Å². The monoisotopic (exact) mass is 391 g/mol. The Bertz CT molecular complexity index is 840. The van der Waals surface area contributed by atoms with E-state index in [9.17, 15) is 4.79 Å². The van der Waals surface area contributed by atoms with Gasteiger partial charge in [0.15, 0.2) is 0 Å². The molecule has 2 saturated heterocycles. The molecule has 2 atom stereocenters. The molecule has 4 aliphatic heterocycles. The summed E-state index contributed by atoms with van der Waals surface area (Å²) in [5, 5.41) is 3.83. The predicted octanol–water partition coefficient (Wildman–Crippen LogP) is 2.17. The van der Waals surface area contributed by atoms with Crippen molar-refractivity contribution in [3.05, 3.63) is 65.7 Å². The van der Waals surface area contributed by atoms with Crippen LogP contribution in [-0.2, 0) is 17.8 Å². The van der Waals surface area contributed by atoms with Gasteiger partial charge in [0.1, 0.15) is 12.4 Å². The number of benzene rings is 2. The second-order valence-corrected chi connectivity index (χ2v) is 8.60. The standard InChI is InChI=1S/C24H29N3O2/c28-23-12-19-8-4-5-9-22(19)29-11-10-26-14-20-16-27(23)17-21(15-26)24(20)25-13-18-6-2-1-3-7-18/h1-9,20-21,24-25H,10-17H2. The summed E-state index contributed by atoms with van der Waals surface area (Å²) in [6, 6.07) is 19.0. The molecule has 4 heterocycles. The average Bonchev–Trinajstić information content (AvgIpc) is 2.73. The van der Waals surface area contributed by atoms with Gasteiger partial charge in [-0.25, -0.2) is 0 Å². The lowest BCUT2D eigenvalue weighted by atomic mass is 9.79. The number of carbonyl (C=O) groups excluding carboxylic acids is 1. The van der Waals surface area contributed by atoms with Crippen LogP contribution in [0.15, 0.2) is 54.6 Å². The van der Waals surface area contributed by atoms with Crippen molar-refractivity contribution in [2.75, 3.05) is 39.3 Å². The van der Waals surface area contributed by atoms with Gasteiger partial charge in [0, 0.05) is 62.7 Å². The van der Waals surface area contributed by atoms with Crippen molar-refractivity contribution in [2.45, 2.75) is 19.0 Å². The Balaban J connectivity index is 1.34. The number of ether oxygens (including phenoxy) is 1. The van der Waals surface area contributed by atoms with Crippen molar-refractivity contribution in [1.29, 1.82) is 0 Å². The fourth-order valence-corrected chi connectivity index (χ4v) is 5.23. The molecule has 4 aliphatic rings. The Morgan fingerprint density at radius 3 is 2.45 bits per heavy atom. The topological polar surface area (TPSA) is 44.8 Å². The number of nitrogens with zero attached hydrogens (tertiary/aromatic N) is 2. The number of fused-ring (bicyclic) bond motifs is 3. The highest BCUT2D eigenvalue weighted by Gasteiger charge is 2.43. The molecular formula is C24H29N3O2. The second kappa shape index (κ2) is 8.17. The van der Waals surface area contributed by atoms with Crippen LogP contribution in [0.4, 0.5) is 0 Å². The van der Waals surface area contributed by atoms with E-state index in [1.54, 1.807) is 0 Å². The molecule has 0 radical (unpaired) electrons. The molecule has 6 rings (SSSR count). The van der Waals surface area contributed by atoms with Crippen molar-refractivity contribution in [3.8, 4) is 5.75 Å². The summed E-state index contributed by atoms with van der Waals surface area (Å²) in [5.74, 6) is 2.01. The number of carbonyl (C=O) groups is 1. The molecule has 2 unspecified atom stereocenters. The van der Waals surface area contributed by atoms with E-state index in [4.69, 9.17) is 4.74 Å². The third-order valence-electron chi connectivity index (χ3n) is 6.63. The third kappa shape index (κ3) is 4.02. The van der Waals surface area contributed by atoms with Crippen LogP contribution in [0.5, 0.6) is 5.75 Å². The predicted molar refractivity (Wildman–Crippen MR) is 113 cm³/mol. The van der Waals surface area contributed by atoms with Gasteiger partial charge in [-0.15, -0.1) is 0 Å². The minimum absolute atomic E-state index is 0.228. The molecule has 29 heavy (non-hydrogen) atoms. The number of para-hydroxylation sites is 1. The van der Waals surface area contributed by atoms with Crippen LogP contribution in [0.25, 0.3) is 0 Å². The van der Waals surface area contributed by atoms with Crippen molar-refractivity contribution in [1.82, 2.24) is 15.1 Å². The van der Waals surface area contributed by atoms with Crippen molar-refractivity contribution >= 4 is 5.91 Å². The van der Waals surface area contributed by atoms with Gasteiger partial charge < -0.3 is 15.0 Å². The highest BCUT2D eigenvalue weighted by atomic mass is 16.5. The van der Waals surface area contributed by atoms with E-state index in [2.05, 4.69) is 45.4 Å². The highest BCUT2D eigenvalue weighted by Crippen LogP contribution is 2.31. The summed E-state index contributed by atoms with van der Waals surface area (Å²) in [4.78, 5) is 17.7. The van der Waals surface area contributed by atoms with Crippen LogP contribution in [0.2, 0.25) is 0 Å². The molecule has 152 valence electrons. The lowest BCUT2D eigenvalue weighted by molar-refractivity contribution is -0.136. The summed E-state index contributed by atoms with van der Waals surface area (Å²) in [7, 11) is 0. The molecule has 0 spiro atoms. The first kappa shape index (κ1) is 18.6. The van der Waals surface area contributed by atoms with E-state index in [-0.39, 0.29) is 5.91 Å². The van der Waals surface area contributed by atoms with E-state index in [1.807, 2.05) is 24.3 Å². The van der Waals surface area contributed by atoms with Crippen LogP contribution in [0.1, 0.15) is 11.1 Å². The molecule has 2 fully saturated rings. The molecular weight excluding hydrogens is 362 g/mol. The summed E-state index contributed by atoms with van der Waals surface area (Å²) in [6.45, 7) is 6.26. The molecule has 0 aromatic heterocycles. The van der Waals surface area contributed by atoms with Gasteiger partial charge in [0.2, 0.25) is 5.91 Å². The first-order chi connectivity index (χ1) is 14.3. The Kier molecular flexibility index (Phi) is 5.25. The maximum absolute atomic E-state index is 13.1.